The number of guanidine groups is 1. The van der Waals surface area contributed by atoms with Crippen LogP contribution in [0.5, 0.6) is 0 Å². The van der Waals surface area contributed by atoms with Gasteiger partial charge in [-0.3, -0.25) is 4.90 Å². The number of nitrogens with zero attached hydrogens (tertiary/aromatic N) is 4. The molecule has 1 unspecified atom stereocenters. The van der Waals surface area contributed by atoms with Crippen LogP contribution in [0.2, 0.25) is 0 Å². The SMILES string of the molecule is CCNC(=NCc1noc(C(C)(C)C)n1)NCC1CN(CC(C)C)CCO1. The van der Waals surface area contributed by atoms with E-state index < -0.39 is 0 Å². The average Bonchev–Trinajstić information content (AvgIpc) is 3.06. The van der Waals surface area contributed by atoms with Crippen LogP contribution in [-0.2, 0) is 16.7 Å². The molecule has 1 atom stereocenters. The van der Waals surface area contributed by atoms with Gasteiger partial charge in [-0.2, -0.15) is 4.98 Å². The van der Waals surface area contributed by atoms with Crippen LogP contribution in [0.25, 0.3) is 0 Å². The van der Waals surface area contributed by atoms with E-state index in [2.05, 4.69) is 44.5 Å². The van der Waals surface area contributed by atoms with Gasteiger partial charge in [0.1, 0.15) is 6.54 Å². The predicted octanol–water partition coefficient (Wildman–Crippen LogP) is 1.78. The monoisotopic (exact) mass is 380 g/mol. The second-order valence-corrected chi connectivity index (χ2v) is 8.49. The summed E-state index contributed by atoms with van der Waals surface area (Å²) in [4.78, 5) is 11.5. The summed E-state index contributed by atoms with van der Waals surface area (Å²) in [7, 11) is 0. The Balaban J connectivity index is 1.87. The van der Waals surface area contributed by atoms with Gasteiger partial charge >= 0.3 is 0 Å². The van der Waals surface area contributed by atoms with Crippen molar-refractivity contribution in [3.63, 3.8) is 0 Å². The molecule has 8 nitrogen and oxygen atoms in total. The van der Waals surface area contributed by atoms with Gasteiger partial charge in [-0.05, 0) is 12.8 Å². The first kappa shape index (κ1) is 21.6. The quantitative estimate of drug-likeness (QED) is 0.551. The normalized spacial score (nSPS) is 19.5. The van der Waals surface area contributed by atoms with Gasteiger partial charge in [0.15, 0.2) is 11.8 Å². The van der Waals surface area contributed by atoms with Crippen molar-refractivity contribution in [2.45, 2.75) is 59.6 Å². The van der Waals surface area contributed by atoms with E-state index >= 15 is 0 Å². The summed E-state index contributed by atoms with van der Waals surface area (Å²) in [6, 6.07) is 0. The van der Waals surface area contributed by atoms with Crippen LogP contribution < -0.4 is 10.6 Å². The largest absolute Gasteiger partial charge is 0.374 e. The maximum Gasteiger partial charge on any atom is 0.232 e. The lowest BCUT2D eigenvalue weighted by atomic mass is 9.97. The van der Waals surface area contributed by atoms with Crippen molar-refractivity contribution in [1.29, 1.82) is 0 Å². The zero-order valence-corrected chi connectivity index (χ0v) is 17.7. The molecule has 27 heavy (non-hydrogen) atoms. The van der Waals surface area contributed by atoms with Crippen molar-refractivity contribution >= 4 is 5.96 Å². The first-order valence-electron chi connectivity index (χ1n) is 9.97. The van der Waals surface area contributed by atoms with Crippen molar-refractivity contribution in [2.24, 2.45) is 10.9 Å². The van der Waals surface area contributed by atoms with Gasteiger partial charge < -0.3 is 19.9 Å². The van der Waals surface area contributed by atoms with E-state index in [-0.39, 0.29) is 11.5 Å². The molecule has 1 aromatic heterocycles. The van der Waals surface area contributed by atoms with Crippen molar-refractivity contribution < 1.29 is 9.26 Å². The molecule has 2 rings (SSSR count). The third-order valence-corrected chi connectivity index (χ3v) is 4.18. The fourth-order valence-electron chi connectivity index (χ4n) is 2.91. The summed E-state index contributed by atoms with van der Waals surface area (Å²) in [6.07, 6.45) is 0.166. The average molecular weight is 381 g/mol. The lowest BCUT2D eigenvalue weighted by Crippen LogP contribution is -2.50. The number of aromatic nitrogens is 2. The number of ether oxygens (including phenoxy) is 1. The first-order valence-corrected chi connectivity index (χ1v) is 9.97. The molecule has 1 aromatic rings. The van der Waals surface area contributed by atoms with Crippen molar-refractivity contribution in [1.82, 2.24) is 25.7 Å². The lowest BCUT2D eigenvalue weighted by Gasteiger charge is -2.34. The van der Waals surface area contributed by atoms with Crippen molar-refractivity contribution in [3.05, 3.63) is 11.7 Å². The van der Waals surface area contributed by atoms with Gasteiger partial charge in [-0.1, -0.05) is 39.8 Å². The molecule has 154 valence electrons. The molecule has 1 fully saturated rings. The van der Waals surface area contributed by atoms with Gasteiger partial charge in [0.05, 0.1) is 12.7 Å². The van der Waals surface area contributed by atoms with E-state index in [1.165, 1.54) is 0 Å². The summed E-state index contributed by atoms with van der Waals surface area (Å²) in [5.74, 6) is 2.63. The number of morpholine rings is 1. The lowest BCUT2D eigenvalue weighted by molar-refractivity contribution is -0.0284. The Morgan fingerprint density at radius 3 is 2.74 bits per heavy atom. The highest BCUT2D eigenvalue weighted by Gasteiger charge is 2.22. The molecular formula is C19H36N6O2. The highest BCUT2D eigenvalue weighted by atomic mass is 16.5. The molecule has 0 aromatic carbocycles. The topological polar surface area (TPSA) is 87.8 Å². The van der Waals surface area contributed by atoms with Gasteiger partial charge in [-0.15, -0.1) is 0 Å². The van der Waals surface area contributed by atoms with E-state index in [1.807, 2.05) is 27.7 Å². The van der Waals surface area contributed by atoms with E-state index in [0.29, 0.717) is 24.2 Å². The smallest absolute Gasteiger partial charge is 0.232 e. The molecule has 8 heteroatoms. The molecule has 1 saturated heterocycles. The van der Waals surface area contributed by atoms with Gasteiger partial charge in [0, 0.05) is 38.1 Å². The Bertz CT molecular complexity index is 593. The third-order valence-electron chi connectivity index (χ3n) is 4.18. The third kappa shape index (κ3) is 7.46. The fraction of sp³-hybridized carbons (Fsp3) is 0.842. The zero-order valence-electron chi connectivity index (χ0n) is 17.7. The zero-order chi connectivity index (χ0) is 19.9. The number of nitrogens with one attached hydrogen (secondary N) is 2. The Labute approximate surface area is 163 Å². The van der Waals surface area contributed by atoms with Gasteiger partial charge in [-0.25, -0.2) is 4.99 Å². The molecule has 0 radical (unpaired) electrons. The molecule has 1 aliphatic rings. The van der Waals surface area contributed by atoms with E-state index in [0.717, 1.165) is 45.3 Å². The molecular weight excluding hydrogens is 344 g/mol. The van der Waals surface area contributed by atoms with Crippen LogP contribution in [0.4, 0.5) is 0 Å². The highest BCUT2D eigenvalue weighted by molar-refractivity contribution is 5.79. The minimum Gasteiger partial charge on any atom is -0.374 e. The maximum atomic E-state index is 5.90. The molecule has 1 aliphatic heterocycles. The number of rotatable bonds is 7. The minimum absolute atomic E-state index is 0.155. The van der Waals surface area contributed by atoms with E-state index in [9.17, 15) is 0 Å². The fourth-order valence-corrected chi connectivity index (χ4v) is 2.91. The van der Waals surface area contributed by atoms with Crippen LogP contribution in [0.15, 0.2) is 9.52 Å². The molecule has 2 heterocycles. The molecule has 2 N–H and O–H groups in total. The standard InChI is InChI=1S/C19H36N6O2/c1-7-20-18(22-11-16-23-17(27-24-16)19(4,5)6)21-10-15-13-25(8-9-26-15)12-14(2)3/h14-15H,7-13H2,1-6H3,(H2,20,21,22). The summed E-state index contributed by atoms with van der Waals surface area (Å²) in [5, 5.41) is 10.7. The van der Waals surface area contributed by atoms with Crippen LogP contribution in [0, 0.1) is 5.92 Å². The molecule has 0 amide bonds. The summed E-state index contributed by atoms with van der Waals surface area (Å²) in [5.41, 5.74) is -0.155. The minimum atomic E-state index is -0.155. The Morgan fingerprint density at radius 2 is 2.11 bits per heavy atom. The molecule has 0 bridgehead atoms. The Morgan fingerprint density at radius 1 is 1.33 bits per heavy atom. The Kier molecular flexibility index (Phi) is 8.04. The number of hydrogen-bond donors (Lipinski definition) is 2. The summed E-state index contributed by atoms with van der Waals surface area (Å²) < 4.78 is 11.2. The van der Waals surface area contributed by atoms with Crippen LogP contribution in [0.3, 0.4) is 0 Å². The van der Waals surface area contributed by atoms with E-state index in [4.69, 9.17) is 9.26 Å². The molecule has 0 saturated carbocycles. The highest BCUT2D eigenvalue weighted by Crippen LogP contribution is 2.19. The maximum absolute atomic E-state index is 5.90. The molecule has 0 aliphatic carbocycles. The van der Waals surface area contributed by atoms with Crippen LogP contribution in [0.1, 0.15) is 53.3 Å². The summed E-state index contributed by atoms with van der Waals surface area (Å²) in [6.45, 7) is 18.4. The van der Waals surface area contributed by atoms with Crippen LogP contribution in [-0.4, -0.2) is 66.4 Å². The number of aliphatic imine (C=N–C) groups is 1. The second kappa shape index (κ2) is 10.0. The van der Waals surface area contributed by atoms with E-state index in [1.54, 1.807) is 0 Å². The van der Waals surface area contributed by atoms with Crippen LogP contribution >= 0.6 is 0 Å². The second-order valence-electron chi connectivity index (χ2n) is 8.49. The van der Waals surface area contributed by atoms with Crippen molar-refractivity contribution in [2.75, 3.05) is 39.3 Å². The predicted molar refractivity (Wildman–Crippen MR) is 107 cm³/mol. The Hall–Kier alpha value is -1.67. The molecule has 0 spiro atoms. The van der Waals surface area contributed by atoms with Gasteiger partial charge in [0.2, 0.25) is 5.89 Å². The first-order chi connectivity index (χ1) is 12.8. The summed E-state index contributed by atoms with van der Waals surface area (Å²) >= 11 is 0. The van der Waals surface area contributed by atoms with Gasteiger partial charge in [0.25, 0.3) is 0 Å². The van der Waals surface area contributed by atoms with Crippen molar-refractivity contribution in [3.8, 4) is 0 Å². The number of hydrogen-bond acceptors (Lipinski definition) is 6.